The number of nitrogens with one attached hydrogen (secondary N) is 1. The molecule has 0 aliphatic heterocycles. The van der Waals surface area contributed by atoms with Crippen molar-refractivity contribution in [3.63, 3.8) is 0 Å². The standard InChI is InChI=1S/C18H26Cl2N2O3S/c1-26(24,25)22(18-15(19)9-5-10-16(18)20)12-6-11-17(23)21-13-14-7-3-2-4-8-14/h5,9-10,14H,2-4,6-8,11-13H2,1H3,(H,21,23). The van der Waals surface area contributed by atoms with Crippen molar-refractivity contribution in [2.24, 2.45) is 5.92 Å². The molecule has 1 amide bonds. The second kappa shape index (κ2) is 9.81. The van der Waals surface area contributed by atoms with Crippen LogP contribution in [0.15, 0.2) is 18.2 Å². The van der Waals surface area contributed by atoms with Crippen molar-refractivity contribution in [1.29, 1.82) is 0 Å². The molecule has 0 unspecified atom stereocenters. The zero-order valence-corrected chi connectivity index (χ0v) is 17.3. The summed E-state index contributed by atoms with van der Waals surface area (Å²) in [6.45, 7) is 0.865. The number of anilines is 1. The van der Waals surface area contributed by atoms with E-state index in [9.17, 15) is 13.2 Å². The molecule has 1 fully saturated rings. The second-order valence-electron chi connectivity index (χ2n) is 6.82. The van der Waals surface area contributed by atoms with E-state index in [1.807, 2.05) is 0 Å². The molecule has 0 atom stereocenters. The highest BCUT2D eigenvalue weighted by Crippen LogP contribution is 2.35. The van der Waals surface area contributed by atoms with Crippen LogP contribution in [0.1, 0.15) is 44.9 Å². The highest BCUT2D eigenvalue weighted by molar-refractivity contribution is 7.92. The quantitative estimate of drug-likeness (QED) is 0.683. The van der Waals surface area contributed by atoms with E-state index < -0.39 is 10.0 Å². The number of carbonyl (C=O) groups is 1. The van der Waals surface area contributed by atoms with Gasteiger partial charge in [0.1, 0.15) is 0 Å². The van der Waals surface area contributed by atoms with Crippen LogP contribution in [0.3, 0.4) is 0 Å². The Labute approximate surface area is 166 Å². The first-order chi connectivity index (χ1) is 12.3. The van der Waals surface area contributed by atoms with E-state index in [1.165, 1.54) is 36.4 Å². The van der Waals surface area contributed by atoms with Crippen LogP contribution in [0, 0.1) is 5.92 Å². The normalized spacial score (nSPS) is 15.7. The highest BCUT2D eigenvalue weighted by Gasteiger charge is 2.22. The minimum absolute atomic E-state index is 0.0470. The number of hydrogen-bond acceptors (Lipinski definition) is 3. The highest BCUT2D eigenvalue weighted by atomic mass is 35.5. The molecule has 0 aromatic heterocycles. The summed E-state index contributed by atoms with van der Waals surface area (Å²) in [5, 5.41) is 3.50. The average molecular weight is 421 g/mol. The Kier molecular flexibility index (Phi) is 8.05. The van der Waals surface area contributed by atoms with Crippen LogP contribution in [0.2, 0.25) is 10.0 Å². The van der Waals surface area contributed by atoms with E-state index in [1.54, 1.807) is 18.2 Å². The van der Waals surface area contributed by atoms with Crippen molar-refractivity contribution in [2.45, 2.75) is 44.9 Å². The maximum absolute atomic E-state index is 12.2. The van der Waals surface area contributed by atoms with Crippen LogP contribution in [0.5, 0.6) is 0 Å². The Morgan fingerprint density at radius 2 is 1.81 bits per heavy atom. The molecule has 0 bridgehead atoms. The molecule has 1 aliphatic rings. The summed E-state index contributed by atoms with van der Waals surface area (Å²) in [7, 11) is -3.56. The van der Waals surface area contributed by atoms with Crippen molar-refractivity contribution >= 4 is 44.8 Å². The molecule has 1 saturated carbocycles. The van der Waals surface area contributed by atoms with Gasteiger partial charge in [-0.05, 0) is 37.3 Å². The van der Waals surface area contributed by atoms with Gasteiger partial charge in [-0.15, -0.1) is 0 Å². The third-order valence-electron chi connectivity index (χ3n) is 4.66. The van der Waals surface area contributed by atoms with Crippen molar-refractivity contribution < 1.29 is 13.2 Å². The Bertz CT molecular complexity index is 699. The van der Waals surface area contributed by atoms with E-state index in [0.717, 1.165) is 6.26 Å². The van der Waals surface area contributed by atoms with Gasteiger partial charge in [-0.1, -0.05) is 48.5 Å². The second-order valence-corrected chi connectivity index (χ2v) is 9.54. The molecule has 0 heterocycles. The first-order valence-corrected chi connectivity index (χ1v) is 11.6. The van der Waals surface area contributed by atoms with Crippen molar-refractivity contribution in [1.82, 2.24) is 5.32 Å². The molecule has 26 heavy (non-hydrogen) atoms. The number of amides is 1. The van der Waals surface area contributed by atoms with Gasteiger partial charge < -0.3 is 5.32 Å². The number of hydrogen-bond donors (Lipinski definition) is 1. The maximum Gasteiger partial charge on any atom is 0.232 e. The number of nitrogens with zero attached hydrogens (tertiary/aromatic N) is 1. The summed E-state index contributed by atoms with van der Waals surface area (Å²) in [6.07, 6.45) is 7.88. The number of para-hydroxylation sites is 1. The topological polar surface area (TPSA) is 66.5 Å². The van der Waals surface area contributed by atoms with Gasteiger partial charge in [0.15, 0.2) is 0 Å². The maximum atomic E-state index is 12.2. The van der Waals surface area contributed by atoms with E-state index >= 15 is 0 Å². The Balaban J connectivity index is 1.89. The molecule has 2 rings (SSSR count). The first-order valence-electron chi connectivity index (χ1n) is 8.97. The summed E-state index contributed by atoms with van der Waals surface area (Å²) in [4.78, 5) is 12.1. The van der Waals surface area contributed by atoms with Gasteiger partial charge in [0.05, 0.1) is 22.0 Å². The lowest BCUT2D eigenvalue weighted by Crippen LogP contribution is -2.33. The summed E-state index contributed by atoms with van der Waals surface area (Å²) in [5.41, 5.74) is 0.265. The van der Waals surface area contributed by atoms with Crippen LogP contribution in [0.25, 0.3) is 0 Å². The minimum Gasteiger partial charge on any atom is -0.356 e. The molecule has 1 aliphatic carbocycles. The van der Waals surface area contributed by atoms with Gasteiger partial charge in [-0.25, -0.2) is 8.42 Å². The number of carbonyl (C=O) groups excluding carboxylic acids is 1. The summed E-state index contributed by atoms with van der Waals surface area (Å²) < 4.78 is 25.5. The SMILES string of the molecule is CS(=O)(=O)N(CCCC(=O)NCC1CCCCC1)c1c(Cl)cccc1Cl. The van der Waals surface area contributed by atoms with Gasteiger partial charge in [0.25, 0.3) is 0 Å². The number of halogens is 2. The molecule has 1 aromatic rings. The van der Waals surface area contributed by atoms with Gasteiger partial charge >= 0.3 is 0 Å². The molecular weight excluding hydrogens is 395 g/mol. The van der Waals surface area contributed by atoms with Crippen LogP contribution in [-0.4, -0.2) is 33.7 Å². The Hall–Kier alpha value is -0.980. The summed E-state index contributed by atoms with van der Waals surface area (Å²) in [6, 6.07) is 4.85. The first kappa shape index (κ1) is 21.3. The van der Waals surface area contributed by atoms with Crippen LogP contribution in [-0.2, 0) is 14.8 Å². The fraction of sp³-hybridized carbons (Fsp3) is 0.611. The predicted octanol–water partition coefficient (Wildman–Crippen LogP) is 4.24. The Morgan fingerprint density at radius 3 is 2.38 bits per heavy atom. The van der Waals surface area contributed by atoms with Gasteiger partial charge in [0.2, 0.25) is 15.9 Å². The summed E-state index contributed by atoms with van der Waals surface area (Å²) in [5.74, 6) is 0.524. The smallest absolute Gasteiger partial charge is 0.232 e. The van der Waals surface area contributed by atoms with Gasteiger partial charge in [-0.2, -0.15) is 0 Å². The lowest BCUT2D eigenvalue weighted by atomic mass is 9.89. The molecule has 0 spiro atoms. The third-order valence-corrected chi connectivity index (χ3v) is 6.44. The van der Waals surface area contributed by atoms with E-state index in [0.29, 0.717) is 18.9 Å². The molecular formula is C18H26Cl2N2O3S. The third kappa shape index (κ3) is 6.32. The lowest BCUT2D eigenvalue weighted by molar-refractivity contribution is -0.121. The van der Waals surface area contributed by atoms with Crippen molar-refractivity contribution in [3.05, 3.63) is 28.2 Å². The van der Waals surface area contributed by atoms with E-state index in [-0.39, 0.29) is 34.6 Å². The van der Waals surface area contributed by atoms with Gasteiger partial charge in [0, 0.05) is 19.5 Å². The molecule has 5 nitrogen and oxygen atoms in total. The zero-order chi connectivity index (χ0) is 19.2. The molecule has 0 saturated heterocycles. The van der Waals surface area contributed by atoms with E-state index in [2.05, 4.69) is 5.32 Å². The van der Waals surface area contributed by atoms with Crippen molar-refractivity contribution in [2.75, 3.05) is 23.7 Å². The molecule has 0 radical (unpaired) electrons. The number of sulfonamides is 1. The monoisotopic (exact) mass is 420 g/mol. The number of benzene rings is 1. The van der Waals surface area contributed by atoms with Gasteiger partial charge in [-0.3, -0.25) is 9.10 Å². The molecule has 8 heteroatoms. The number of rotatable bonds is 8. The van der Waals surface area contributed by atoms with E-state index in [4.69, 9.17) is 23.2 Å². The molecule has 146 valence electrons. The van der Waals surface area contributed by atoms with Crippen LogP contribution >= 0.6 is 23.2 Å². The fourth-order valence-electron chi connectivity index (χ4n) is 3.29. The predicted molar refractivity (Wildman–Crippen MR) is 107 cm³/mol. The van der Waals surface area contributed by atoms with Crippen LogP contribution < -0.4 is 9.62 Å². The molecule has 1 aromatic carbocycles. The van der Waals surface area contributed by atoms with Crippen LogP contribution in [0.4, 0.5) is 5.69 Å². The molecule has 1 N–H and O–H groups in total. The largest absolute Gasteiger partial charge is 0.356 e. The Morgan fingerprint density at radius 1 is 1.19 bits per heavy atom. The average Bonchev–Trinajstić information content (AvgIpc) is 2.58. The summed E-state index contributed by atoms with van der Waals surface area (Å²) >= 11 is 12.3. The lowest BCUT2D eigenvalue weighted by Gasteiger charge is -2.24. The zero-order valence-electron chi connectivity index (χ0n) is 15.0. The fourth-order valence-corrected chi connectivity index (χ4v) is 4.98. The van der Waals surface area contributed by atoms with Crippen molar-refractivity contribution in [3.8, 4) is 0 Å². The minimum atomic E-state index is -3.56.